The van der Waals surface area contributed by atoms with Crippen LogP contribution in [0, 0.1) is 29.6 Å². The number of nitrogens with one attached hydrogen (secondary N) is 12. The zero-order valence-electron chi connectivity index (χ0n) is 68.4. The second kappa shape index (κ2) is 58.2. The number of rotatable bonds is 62. The minimum atomic E-state index is -1.52. The summed E-state index contributed by atoms with van der Waals surface area (Å²) in [5.74, 6) is -13.8. The molecule has 115 heavy (non-hydrogen) atoms. The van der Waals surface area contributed by atoms with Gasteiger partial charge in [0.25, 0.3) is 0 Å². The molecule has 0 fully saturated rings. The lowest BCUT2D eigenvalue weighted by Gasteiger charge is -2.29. The average molecular weight is 1640 g/mol. The van der Waals surface area contributed by atoms with Crippen LogP contribution in [0.25, 0.3) is 0 Å². The van der Waals surface area contributed by atoms with Gasteiger partial charge in [0, 0.05) is 57.6 Å². The van der Waals surface area contributed by atoms with E-state index in [-0.39, 0.29) is 177 Å². The fraction of sp³-hybridized carbons (Fsp3) is 0.746. The molecule has 0 saturated carbocycles. The number of hydrogen-bond donors (Lipinski definition) is 26. The summed E-state index contributed by atoms with van der Waals surface area (Å²) in [6.07, 6.45) is 1.38. The number of aliphatic imine (C=N–C) groups is 5. The van der Waals surface area contributed by atoms with Crippen LogP contribution in [0.2, 0.25) is 0 Å². The predicted molar refractivity (Wildman–Crippen MR) is 437 cm³/mol. The molecule has 0 unspecified atom stereocenters. The van der Waals surface area contributed by atoms with E-state index in [4.69, 9.17) is 68.8 Å². The van der Waals surface area contributed by atoms with Crippen molar-refractivity contribution in [3.05, 3.63) is 0 Å². The number of aliphatic hydroxyl groups is 1. The third-order valence-electron chi connectivity index (χ3n) is 17.9. The molecular formula is C71H137N29O15. The van der Waals surface area contributed by atoms with Crippen molar-refractivity contribution in [1.82, 2.24) is 63.8 Å². The number of aliphatic hydroxyl groups excluding tert-OH is 1. The lowest BCUT2D eigenvalue weighted by Crippen LogP contribution is -2.60. The van der Waals surface area contributed by atoms with Crippen LogP contribution >= 0.6 is 0 Å². The van der Waals surface area contributed by atoms with Crippen molar-refractivity contribution in [2.75, 3.05) is 59.0 Å². The molecule has 44 heteroatoms. The topological polar surface area (TPSA) is 781 Å². The summed E-state index contributed by atoms with van der Waals surface area (Å²) in [6, 6.07) is -14.2. The molecule has 0 aromatic carbocycles. The summed E-state index contributed by atoms with van der Waals surface area (Å²) in [5.41, 5.74) is 67.2. The standard InChI is InChI=1S/C71H137N29O15/c1-10-41(8)55(100-57(106)42(9)18-13-27-84-67(74)75)66(115)97-48(24-25-54(103)104)58(107)90-36-53(102)92-50(33-39(4)5)64(113)96-47(23-17-31-88-71(82)83)62(111)93-44(20-11-12-26-72)60(109)95-46(22-16-30-87-70(80)81)61(110)94-45(21-15-29-86-69(78)79)59(108)91-43(19-14-28-85-68(76)77)35-89-49(32-38(2)3)63(112)98-51(34-40(6)7)65(114)99-52(37-101)56(73)105/h38-52,55,89,101H,10-37,72H2,1-9H3,(H2,73,105)(H,90,107)(H,91,108)(H,92,102)(H,93,111)(H,94,110)(H,95,109)(H,96,113)(H,97,115)(H,98,112)(H,99,114)(H,100,106)(H,103,104)(H4,74,75,84)(H4,76,77,85)(H4,78,79,86)(H4,80,81,87)(H4,82,83,88)/t41-,42-,43-,44-,45-,46-,47-,48-,49-,50-,51-,52-,55-/m0/s1. The first-order valence-corrected chi connectivity index (χ1v) is 39.2. The lowest BCUT2D eigenvalue weighted by atomic mass is 9.96. The monoisotopic (exact) mass is 1640 g/mol. The Morgan fingerprint density at radius 3 is 1.08 bits per heavy atom. The summed E-state index contributed by atoms with van der Waals surface area (Å²) in [7, 11) is 0. The van der Waals surface area contributed by atoms with E-state index in [0.717, 1.165) is 0 Å². The van der Waals surface area contributed by atoms with Gasteiger partial charge >= 0.3 is 5.97 Å². The molecule has 0 heterocycles. The Bertz CT molecular complexity index is 3210. The minimum absolute atomic E-state index is 0.00185. The Balaban J connectivity index is 7.49. The second-order valence-corrected chi connectivity index (χ2v) is 29.6. The molecule has 0 rings (SSSR count). The number of guanidine groups is 5. The molecule has 0 aliphatic heterocycles. The number of amides is 12. The van der Waals surface area contributed by atoms with Crippen molar-refractivity contribution in [1.29, 1.82) is 0 Å². The molecule has 0 spiro atoms. The first kappa shape index (κ1) is 104. The molecule has 0 saturated heterocycles. The predicted octanol–water partition coefficient (Wildman–Crippen LogP) is -7.53. The zero-order valence-corrected chi connectivity index (χ0v) is 68.4. The molecular weight excluding hydrogens is 1500 g/mol. The second-order valence-electron chi connectivity index (χ2n) is 29.6. The van der Waals surface area contributed by atoms with Crippen molar-refractivity contribution in [3.8, 4) is 0 Å². The van der Waals surface area contributed by atoms with Gasteiger partial charge in [0.15, 0.2) is 29.8 Å². The third-order valence-corrected chi connectivity index (χ3v) is 17.9. The Morgan fingerprint density at radius 1 is 0.357 bits per heavy atom. The fourth-order valence-electron chi connectivity index (χ4n) is 11.5. The molecule has 0 aromatic rings. The van der Waals surface area contributed by atoms with Gasteiger partial charge < -0.3 is 143 Å². The van der Waals surface area contributed by atoms with E-state index < -0.39 is 181 Å². The summed E-state index contributed by atoms with van der Waals surface area (Å²) >= 11 is 0. The Morgan fingerprint density at radius 2 is 0.696 bits per heavy atom. The smallest absolute Gasteiger partial charge is 0.303 e. The number of unbranched alkanes of at least 4 members (excludes halogenated alkanes) is 1. The maximum absolute atomic E-state index is 14.9. The summed E-state index contributed by atoms with van der Waals surface area (Å²) in [5, 5.41) is 51.8. The number of carbonyl (C=O) groups excluding carboxylic acids is 12. The Kier molecular flexibility index (Phi) is 52.8. The van der Waals surface area contributed by atoms with Crippen LogP contribution in [0.1, 0.15) is 184 Å². The van der Waals surface area contributed by atoms with E-state index in [1.807, 2.05) is 27.7 Å². The third kappa shape index (κ3) is 48.2. The highest BCUT2D eigenvalue weighted by Crippen LogP contribution is 2.17. The van der Waals surface area contributed by atoms with Gasteiger partial charge in [-0.15, -0.1) is 0 Å². The molecule has 0 aliphatic rings. The fourth-order valence-corrected chi connectivity index (χ4v) is 11.5. The number of hydrogen-bond acceptors (Lipinski definition) is 21. The number of nitrogens with zero attached hydrogens (tertiary/aromatic N) is 5. The molecule has 656 valence electrons. The van der Waals surface area contributed by atoms with Crippen molar-refractivity contribution < 1.29 is 72.5 Å². The summed E-state index contributed by atoms with van der Waals surface area (Å²) < 4.78 is 0. The largest absolute Gasteiger partial charge is 0.481 e. The molecule has 0 aromatic heterocycles. The van der Waals surface area contributed by atoms with E-state index in [1.165, 1.54) is 0 Å². The first-order chi connectivity index (χ1) is 54.0. The first-order valence-electron chi connectivity index (χ1n) is 39.2. The van der Waals surface area contributed by atoms with Gasteiger partial charge in [-0.2, -0.15) is 0 Å². The maximum Gasteiger partial charge on any atom is 0.303 e. The molecule has 38 N–H and O–H groups in total. The van der Waals surface area contributed by atoms with Gasteiger partial charge in [0.05, 0.1) is 19.2 Å². The number of primary amides is 1. The summed E-state index contributed by atoms with van der Waals surface area (Å²) in [4.78, 5) is 200. The average Bonchev–Trinajstić information content (AvgIpc) is 0.883. The highest BCUT2D eigenvalue weighted by molar-refractivity contribution is 5.98. The van der Waals surface area contributed by atoms with Crippen LogP contribution < -0.4 is 133 Å². The van der Waals surface area contributed by atoms with Crippen LogP contribution in [-0.4, -0.2) is 242 Å². The molecule has 0 radical (unpaired) electrons. The maximum atomic E-state index is 14.9. The Hall–Kier alpha value is -10.7. The van der Waals surface area contributed by atoms with E-state index in [2.05, 4.69) is 88.8 Å². The number of nitrogens with two attached hydrogens (primary N) is 12. The van der Waals surface area contributed by atoms with Gasteiger partial charge in [0.1, 0.15) is 54.4 Å². The van der Waals surface area contributed by atoms with Gasteiger partial charge in [-0.3, -0.25) is 87.3 Å². The van der Waals surface area contributed by atoms with Gasteiger partial charge in [-0.25, -0.2) is 0 Å². The minimum Gasteiger partial charge on any atom is -0.481 e. The van der Waals surface area contributed by atoms with Crippen LogP contribution in [0.15, 0.2) is 25.0 Å². The normalized spacial score (nSPS) is 14.5. The van der Waals surface area contributed by atoms with E-state index in [1.54, 1.807) is 34.6 Å². The number of carboxylic acids is 1. The highest BCUT2D eigenvalue weighted by Gasteiger charge is 2.37. The molecule has 44 nitrogen and oxygen atoms in total. The Labute approximate surface area is 673 Å². The number of carboxylic acid groups (broad SMARTS) is 1. The van der Waals surface area contributed by atoms with Crippen molar-refractivity contribution >= 4 is 107 Å². The van der Waals surface area contributed by atoms with Crippen LogP contribution in [-0.2, 0) is 62.3 Å². The lowest BCUT2D eigenvalue weighted by molar-refractivity contribution is -0.138. The van der Waals surface area contributed by atoms with E-state index in [9.17, 15) is 72.5 Å². The van der Waals surface area contributed by atoms with Gasteiger partial charge in [-0.05, 0) is 139 Å². The van der Waals surface area contributed by atoms with Crippen molar-refractivity contribution in [2.45, 2.75) is 251 Å². The number of aliphatic carboxylic acids is 1. The van der Waals surface area contributed by atoms with E-state index in [0.29, 0.717) is 25.7 Å². The van der Waals surface area contributed by atoms with Crippen LogP contribution in [0.4, 0.5) is 0 Å². The molecule has 0 bridgehead atoms. The molecule has 12 amide bonds. The van der Waals surface area contributed by atoms with Crippen molar-refractivity contribution in [3.63, 3.8) is 0 Å². The van der Waals surface area contributed by atoms with Crippen LogP contribution in [0.3, 0.4) is 0 Å². The highest BCUT2D eigenvalue weighted by atomic mass is 16.4. The SMILES string of the molecule is CC[C@H](C)[C@H](NC(=O)[C@@H](C)CCCN=C(N)N)C(=O)N[C@@H](CCC(=O)O)C(=O)NCC(=O)N[C@@H](CC(C)C)C(=O)N[C@@H](CCCN=C(N)N)C(=O)N[C@@H](CCCCN)C(=O)N[C@@H](CCCN=C(N)N)C(=O)N[C@@H](CCCN=C(N)N)C(=O)N[C@@H](CCCN=C(N)N)CN[C@@H](CC(C)C)C(=O)N[C@@H](CC(C)C)C(=O)N[C@@H](CO)C(N)=O. The summed E-state index contributed by atoms with van der Waals surface area (Å²) in [6.45, 7) is 14.8. The van der Waals surface area contributed by atoms with Gasteiger partial charge in [-0.1, -0.05) is 68.7 Å². The molecule has 13 atom stereocenters. The quantitative estimate of drug-likeness (QED) is 0.0153. The number of carbonyl (C=O) groups is 13. The van der Waals surface area contributed by atoms with Crippen molar-refractivity contribution in [2.24, 2.45) is 123 Å². The van der Waals surface area contributed by atoms with Crippen LogP contribution in [0.5, 0.6) is 0 Å². The van der Waals surface area contributed by atoms with Gasteiger partial charge in [0.2, 0.25) is 70.9 Å². The zero-order chi connectivity index (χ0) is 87.4. The molecule has 0 aliphatic carbocycles. The van der Waals surface area contributed by atoms with E-state index >= 15 is 0 Å².